The summed E-state index contributed by atoms with van der Waals surface area (Å²) >= 11 is 0. The van der Waals surface area contributed by atoms with Crippen LogP contribution in [0.5, 0.6) is 0 Å². The molecule has 0 fully saturated rings. The van der Waals surface area contributed by atoms with Gasteiger partial charge in [-0.1, -0.05) is 13.3 Å². The third-order valence-electron chi connectivity index (χ3n) is 1.37. The third kappa shape index (κ3) is 7.92. The van der Waals surface area contributed by atoms with E-state index in [4.69, 9.17) is 5.11 Å². The van der Waals surface area contributed by atoms with E-state index in [-0.39, 0.29) is 0 Å². The van der Waals surface area contributed by atoms with E-state index in [9.17, 15) is 0 Å². The van der Waals surface area contributed by atoms with Gasteiger partial charge in [0.2, 0.25) is 0 Å². The van der Waals surface area contributed by atoms with Crippen molar-refractivity contribution in [3.63, 3.8) is 0 Å². The number of hydrogen-bond donors (Lipinski definition) is 2. The van der Waals surface area contributed by atoms with E-state index in [1.54, 1.807) is 0 Å². The van der Waals surface area contributed by atoms with Crippen molar-refractivity contribution in [2.45, 2.75) is 25.7 Å². The quantitative estimate of drug-likeness (QED) is 0.522. The maximum Gasteiger partial charge on any atom is 0.0431 e. The fourth-order valence-corrected chi connectivity index (χ4v) is 0.737. The van der Waals surface area contributed by atoms with Crippen LogP contribution in [0.3, 0.4) is 0 Å². The Balaban J connectivity index is 2.65. The Morgan fingerprint density at radius 2 is 1.80 bits per heavy atom. The lowest BCUT2D eigenvalue weighted by Gasteiger charge is -2.00. The smallest absolute Gasteiger partial charge is 0.0431 e. The lowest BCUT2D eigenvalue weighted by Crippen LogP contribution is -2.16. The highest BCUT2D eigenvalue weighted by atomic mass is 16.2. The van der Waals surface area contributed by atoms with Crippen molar-refractivity contribution in [1.82, 2.24) is 5.32 Å². The van der Waals surface area contributed by atoms with Crippen LogP contribution in [0.4, 0.5) is 0 Å². The molecule has 0 saturated heterocycles. The predicted octanol–water partition coefficient (Wildman–Crippen LogP) is 0.963. The van der Waals surface area contributed by atoms with Gasteiger partial charge in [0.15, 0.2) is 0 Å². The first-order valence-corrected chi connectivity index (χ1v) is 4.02. The maximum atomic E-state index is 8.43. The number of aliphatic hydroxyl groups is 1. The molecule has 0 aliphatic rings. The van der Waals surface area contributed by atoms with Gasteiger partial charge < -0.3 is 10.4 Å². The summed E-state index contributed by atoms with van der Waals surface area (Å²) in [6, 6.07) is 0. The molecule has 2 heteroatoms. The van der Waals surface area contributed by atoms with Crippen molar-refractivity contribution >= 4 is 0 Å². The van der Waals surface area contributed by atoms with E-state index < -0.39 is 0 Å². The van der Waals surface area contributed by atoms with Gasteiger partial charge in [-0.3, -0.25) is 0 Å². The Morgan fingerprint density at radius 1 is 1.10 bits per heavy atom. The van der Waals surface area contributed by atoms with Gasteiger partial charge in [0, 0.05) is 6.61 Å². The van der Waals surface area contributed by atoms with Crippen LogP contribution in [0, 0.1) is 6.92 Å². The van der Waals surface area contributed by atoms with Crippen LogP contribution in [0.25, 0.3) is 0 Å². The Bertz CT molecular complexity index is 49.2. The fourth-order valence-electron chi connectivity index (χ4n) is 0.737. The second-order valence-electron chi connectivity index (χ2n) is 2.39. The van der Waals surface area contributed by atoms with Gasteiger partial charge in [0.25, 0.3) is 0 Å². The third-order valence-corrected chi connectivity index (χ3v) is 1.37. The summed E-state index contributed by atoms with van der Waals surface area (Å²) in [6.07, 6.45) is 4.15. The van der Waals surface area contributed by atoms with Gasteiger partial charge >= 0.3 is 0 Å². The minimum atomic E-state index is 0.316. The molecule has 0 saturated carbocycles. The first-order chi connectivity index (χ1) is 4.91. The van der Waals surface area contributed by atoms with Crippen molar-refractivity contribution in [2.24, 2.45) is 0 Å². The van der Waals surface area contributed by atoms with Crippen molar-refractivity contribution in [3.8, 4) is 0 Å². The molecule has 2 N–H and O–H groups in total. The van der Waals surface area contributed by atoms with Gasteiger partial charge in [-0.15, -0.1) is 0 Å². The van der Waals surface area contributed by atoms with E-state index in [2.05, 4.69) is 12.2 Å². The van der Waals surface area contributed by atoms with Crippen LogP contribution < -0.4 is 5.32 Å². The fraction of sp³-hybridized carbons (Fsp3) is 0.875. The van der Waals surface area contributed by atoms with Crippen LogP contribution in [-0.4, -0.2) is 24.8 Å². The van der Waals surface area contributed by atoms with Gasteiger partial charge in [0.1, 0.15) is 0 Å². The summed E-state index contributed by atoms with van der Waals surface area (Å²) in [7, 11) is 0. The zero-order valence-electron chi connectivity index (χ0n) is 6.60. The summed E-state index contributed by atoms with van der Waals surface area (Å²) < 4.78 is 0. The van der Waals surface area contributed by atoms with Gasteiger partial charge in [0.05, 0.1) is 0 Å². The monoisotopic (exact) mass is 144 g/mol. The molecule has 0 aromatic carbocycles. The Hall–Kier alpha value is -0.0800. The minimum Gasteiger partial charge on any atom is -0.396 e. The minimum absolute atomic E-state index is 0.316. The Kier molecular flexibility index (Phi) is 8.85. The average Bonchev–Trinajstić information content (AvgIpc) is 1.97. The molecule has 0 aliphatic heterocycles. The van der Waals surface area contributed by atoms with Gasteiger partial charge in [-0.25, -0.2) is 0 Å². The second-order valence-corrected chi connectivity index (χ2v) is 2.39. The van der Waals surface area contributed by atoms with Gasteiger partial charge in [-0.05, 0) is 32.4 Å². The molecule has 0 bridgehead atoms. The number of unbranched alkanes of at least 4 members (excludes halogenated alkanes) is 2. The molecule has 0 amide bonds. The first-order valence-electron chi connectivity index (χ1n) is 4.02. The highest BCUT2D eigenvalue weighted by molar-refractivity contribution is 4.49. The largest absolute Gasteiger partial charge is 0.396 e. The molecule has 0 heterocycles. The van der Waals surface area contributed by atoms with Gasteiger partial charge in [-0.2, -0.15) is 0 Å². The topological polar surface area (TPSA) is 32.3 Å². The van der Waals surface area contributed by atoms with Crippen LogP contribution in [-0.2, 0) is 0 Å². The summed E-state index contributed by atoms with van der Waals surface area (Å²) in [5, 5.41) is 11.7. The molecular formula is C8H18NO. The highest BCUT2D eigenvalue weighted by Crippen LogP contribution is 1.85. The van der Waals surface area contributed by atoms with Crippen LogP contribution in [0.15, 0.2) is 0 Å². The molecule has 2 nitrogen and oxygen atoms in total. The van der Waals surface area contributed by atoms with E-state index in [0.717, 1.165) is 38.8 Å². The summed E-state index contributed by atoms with van der Waals surface area (Å²) in [6.45, 7) is 6.15. The van der Waals surface area contributed by atoms with E-state index in [1.807, 2.05) is 0 Å². The molecular weight excluding hydrogens is 126 g/mol. The Morgan fingerprint density at radius 3 is 2.40 bits per heavy atom. The standard InChI is InChI=1S/C8H18NO/c1-2-3-6-9-7-4-5-8-10/h9-10H,1-8H2. The molecule has 10 heavy (non-hydrogen) atoms. The molecule has 0 aromatic rings. The number of nitrogens with one attached hydrogen (secondary N) is 1. The van der Waals surface area contributed by atoms with Crippen molar-refractivity contribution in [1.29, 1.82) is 0 Å². The number of hydrogen-bond acceptors (Lipinski definition) is 2. The summed E-state index contributed by atoms with van der Waals surface area (Å²) in [5.74, 6) is 0. The van der Waals surface area contributed by atoms with E-state index >= 15 is 0 Å². The van der Waals surface area contributed by atoms with E-state index in [1.165, 1.54) is 0 Å². The maximum absolute atomic E-state index is 8.43. The molecule has 0 spiro atoms. The SMILES string of the molecule is [CH2]CCCNCCCCO. The molecule has 0 rings (SSSR count). The van der Waals surface area contributed by atoms with Crippen LogP contribution in [0.1, 0.15) is 25.7 Å². The molecule has 0 unspecified atom stereocenters. The average molecular weight is 144 g/mol. The molecule has 0 aliphatic carbocycles. The lowest BCUT2D eigenvalue weighted by atomic mass is 10.3. The van der Waals surface area contributed by atoms with Crippen molar-refractivity contribution in [3.05, 3.63) is 6.92 Å². The number of rotatable bonds is 7. The van der Waals surface area contributed by atoms with E-state index in [0.29, 0.717) is 6.61 Å². The van der Waals surface area contributed by atoms with Crippen molar-refractivity contribution in [2.75, 3.05) is 19.7 Å². The zero-order chi connectivity index (χ0) is 7.66. The summed E-state index contributed by atoms with van der Waals surface area (Å²) in [4.78, 5) is 0. The van der Waals surface area contributed by atoms with Crippen molar-refractivity contribution < 1.29 is 5.11 Å². The molecule has 0 aromatic heterocycles. The zero-order valence-corrected chi connectivity index (χ0v) is 6.60. The second kappa shape index (κ2) is 8.92. The molecule has 0 atom stereocenters. The normalized spacial score (nSPS) is 10.2. The number of aliphatic hydroxyl groups excluding tert-OH is 1. The van der Waals surface area contributed by atoms with Crippen LogP contribution in [0.2, 0.25) is 0 Å². The lowest BCUT2D eigenvalue weighted by molar-refractivity contribution is 0.283. The molecule has 61 valence electrons. The first kappa shape index (κ1) is 9.92. The Labute approximate surface area is 63.6 Å². The highest BCUT2D eigenvalue weighted by Gasteiger charge is 1.85. The van der Waals surface area contributed by atoms with Crippen LogP contribution >= 0.6 is 0 Å². The summed E-state index contributed by atoms with van der Waals surface area (Å²) in [5.41, 5.74) is 0. The predicted molar refractivity (Wildman–Crippen MR) is 43.8 cm³/mol. The molecule has 1 radical (unpaired) electrons.